The van der Waals surface area contributed by atoms with Gasteiger partial charge in [-0.3, -0.25) is 19.3 Å². The second kappa shape index (κ2) is 8.53. The SMILES string of the molecule is CC(OC(=O)CN1C(=O)N(C)C2(CCCCC2)C1=O)C(=O)Nc1ccccc1C#N. The minimum absolute atomic E-state index is 0.276. The lowest BCUT2D eigenvalue weighted by Crippen LogP contribution is -2.49. The molecule has 30 heavy (non-hydrogen) atoms. The van der Waals surface area contributed by atoms with Crippen LogP contribution in [0.25, 0.3) is 0 Å². The van der Waals surface area contributed by atoms with Crippen LogP contribution in [0.5, 0.6) is 0 Å². The highest BCUT2D eigenvalue weighted by Crippen LogP contribution is 2.39. The Hall–Kier alpha value is -3.41. The van der Waals surface area contributed by atoms with Gasteiger partial charge in [0.15, 0.2) is 6.10 Å². The van der Waals surface area contributed by atoms with Gasteiger partial charge in [-0.1, -0.05) is 31.4 Å². The molecule has 1 saturated carbocycles. The van der Waals surface area contributed by atoms with E-state index in [1.54, 1.807) is 31.3 Å². The fourth-order valence-electron chi connectivity index (χ4n) is 4.01. The molecule has 1 spiro atoms. The summed E-state index contributed by atoms with van der Waals surface area (Å²) in [6.45, 7) is 0.834. The minimum Gasteiger partial charge on any atom is -0.451 e. The number of anilines is 1. The Morgan fingerprint density at radius 3 is 2.57 bits per heavy atom. The van der Waals surface area contributed by atoms with E-state index in [-0.39, 0.29) is 11.5 Å². The number of para-hydroxylation sites is 1. The summed E-state index contributed by atoms with van der Waals surface area (Å²) in [5, 5.41) is 11.6. The molecule has 2 aliphatic rings. The molecule has 9 heteroatoms. The van der Waals surface area contributed by atoms with E-state index in [9.17, 15) is 19.2 Å². The second-order valence-corrected chi connectivity index (χ2v) is 7.60. The molecule has 1 aliphatic heterocycles. The van der Waals surface area contributed by atoms with Gasteiger partial charge in [0.25, 0.3) is 11.8 Å². The summed E-state index contributed by atoms with van der Waals surface area (Å²) < 4.78 is 5.13. The zero-order valence-electron chi connectivity index (χ0n) is 17.0. The van der Waals surface area contributed by atoms with Crippen molar-refractivity contribution in [2.45, 2.75) is 50.7 Å². The van der Waals surface area contributed by atoms with Crippen LogP contribution in [0.3, 0.4) is 0 Å². The van der Waals surface area contributed by atoms with Crippen molar-refractivity contribution in [3.63, 3.8) is 0 Å². The summed E-state index contributed by atoms with van der Waals surface area (Å²) >= 11 is 0. The molecule has 3 rings (SSSR count). The molecular weight excluding hydrogens is 388 g/mol. The molecule has 1 aromatic rings. The molecule has 1 atom stereocenters. The van der Waals surface area contributed by atoms with Crippen LogP contribution in [0.2, 0.25) is 0 Å². The zero-order chi connectivity index (χ0) is 21.9. The number of carbonyl (C=O) groups is 4. The van der Waals surface area contributed by atoms with E-state index >= 15 is 0 Å². The Morgan fingerprint density at radius 1 is 1.23 bits per heavy atom. The maximum absolute atomic E-state index is 12.9. The molecule has 1 unspecified atom stereocenters. The third-order valence-corrected chi connectivity index (χ3v) is 5.75. The average Bonchev–Trinajstić information content (AvgIpc) is 2.91. The second-order valence-electron chi connectivity index (χ2n) is 7.60. The van der Waals surface area contributed by atoms with Crippen molar-refractivity contribution in [1.82, 2.24) is 9.80 Å². The summed E-state index contributed by atoms with van der Waals surface area (Å²) in [7, 11) is 1.58. The van der Waals surface area contributed by atoms with Crippen molar-refractivity contribution in [3.05, 3.63) is 29.8 Å². The van der Waals surface area contributed by atoms with E-state index in [0.717, 1.165) is 24.2 Å². The van der Waals surface area contributed by atoms with Gasteiger partial charge < -0.3 is 15.0 Å². The fourth-order valence-corrected chi connectivity index (χ4v) is 4.01. The number of nitrogens with one attached hydrogen (secondary N) is 1. The minimum atomic E-state index is -1.17. The van der Waals surface area contributed by atoms with Crippen LogP contribution in [0, 0.1) is 11.3 Å². The Kier molecular flexibility index (Phi) is 6.06. The Balaban J connectivity index is 1.61. The van der Waals surface area contributed by atoms with Crippen LogP contribution in [0.1, 0.15) is 44.6 Å². The van der Waals surface area contributed by atoms with E-state index in [2.05, 4.69) is 5.32 Å². The molecule has 9 nitrogen and oxygen atoms in total. The van der Waals surface area contributed by atoms with Gasteiger partial charge in [-0.05, 0) is 31.9 Å². The van der Waals surface area contributed by atoms with Crippen molar-refractivity contribution in [2.75, 3.05) is 18.9 Å². The van der Waals surface area contributed by atoms with Crippen LogP contribution in [0.15, 0.2) is 24.3 Å². The van der Waals surface area contributed by atoms with Crippen LogP contribution >= 0.6 is 0 Å². The smallest absolute Gasteiger partial charge is 0.327 e. The number of amides is 4. The quantitative estimate of drug-likeness (QED) is 0.584. The number of likely N-dealkylation sites (N-methyl/N-ethyl adjacent to an activating group) is 1. The van der Waals surface area contributed by atoms with Crippen molar-refractivity contribution < 1.29 is 23.9 Å². The van der Waals surface area contributed by atoms with Gasteiger partial charge in [0.1, 0.15) is 18.2 Å². The normalized spacial score (nSPS) is 18.8. The number of urea groups is 1. The molecule has 1 aliphatic carbocycles. The van der Waals surface area contributed by atoms with Crippen molar-refractivity contribution >= 4 is 29.5 Å². The number of nitriles is 1. The number of imide groups is 1. The van der Waals surface area contributed by atoms with Gasteiger partial charge in [0.05, 0.1) is 11.3 Å². The first-order chi connectivity index (χ1) is 14.3. The van der Waals surface area contributed by atoms with Gasteiger partial charge in [-0.15, -0.1) is 0 Å². The molecular formula is C21H24N4O5. The number of hydrogen-bond acceptors (Lipinski definition) is 6. The molecule has 1 N–H and O–H groups in total. The number of hydrogen-bond donors (Lipinski definition) is 1. The number of benzene rings is 1. The third kappa shape index (κ3) is 3.85. The molecule has 0 aromatic heterocycles. The van der Waals surface area contributed by atoms with Crippen molar-refractivity contribution in [2.24, 2.45) is 0 Å². The first-order valence-corrected chi connectivity index (χ1v) is 9.89. The van der Waals surface area contributed by atoms with Crippen molar-refractivity contribution in [1.29, 1.82) is 5.26 Å². The lowest BCUT2D eigenvalue weighted by atomic mass is 9.81. The first-order valence-electron chi connectivity index (χ1n) is 9.89. The highest BCUT2D eigenvalue weighted by atomic mass is 16.5. The van der Waals surface area contributed by atoms with Gasteiger partial charge in [-0.25, -0.2) is 4.79 Å². The predicted molar refractivity (Wildman–Crippen MR) is 106 cm³/mol. The standard InChI is InChI=1S/C21H24N4O5/c1-14(18(27)23-16-9-5-4-8-15(16)12-22)30-17(26)13-25-19(28)21(24(2)20(25)29)10-6-3-7-11-21/h4-5,8-9,14H,3,6-7,10-11,13H2,1-2H3,(H,23,27). The van der Waals surface area contributed by atoms with Crippen LogP contribution in [-0.4, -0.2) is 58.8 Å². The average molecular weight is 412 g/mol. The molecule has 4 amide bonds. The summed E-state index contributed by atoms with van der Waals surface area (Å²) in [5.74, 6) is -1.85. The molecule has 2 fully saturated rings. The third-order valence-electron chi connectivity index (χ3n) is 5.75. The van der Waals surface area contributed by atoms with Gasteiger partial charge >= 0.3 is 12.0 Å². The largest absolute Gasteiger partial charge is 0.451 e. The molecule has 0 radical (unpaired) electrons. The predicted octanol–water partition coefficient (Wildman–Crippen LogP) is 2.03. The summed E-state index contributed by atoms with van der Waals surface area (Å²) in [6, 6.07) is 7.87. The van der Waals surface area contributed by atoms with E-state index in [0.29, 0.717) is 18.5 Å². The topological polar surface area (TPSA) is 120 Å². The lowest BCUT2D eigenvalue weighted by Gasteiger charge is -2.35. The first kappa shape index (κ1) is 21.3. The van der Waals surface area contributed by atoms with Crippen LogP contribution in [-0.2, 0) is 19.1 Å². The highest BCUT2D eigenvalue weighted by Gasteiger charge is 2.56. The molecule has 158 valence electrons. The van der Waals surface area contributed by atoms with Gasteiger partial charge in [-0.2, -0.15) is 5.26 Å². The molecule has 1 aromatic carbocycles. The fraction of sp³-hybridized carbons (Fsp3) is 0.476. The van der Waals surface area contributed by atoms with Crippen molar-refractivity contribution in [3.8, 4) is 6.07 Å². The zero-order valence-corrected chi connectivity index (χ0v) is 17.0. The highest BCUT2D eigenvalue weighted by molar-refractivity contribution is 6.08. The summed E-state index contributed by atoms with van der Waals surface area (Å²) in [5.41, 5.74) is -0.295. The summed E-state index contributed by atoms with van der Waals surface area (Å²) in [4.78, 5) is 52.5. The Labute approximate surface area is 174 Å². The number of nitrogens with zero attached hydrogens (tertiary/aromatic N) is 3. The number of rotatable bonds is 5. The van der Waals surface area contributed by atoms with Crippen LogP contribution < -0.4 is 5.32 Å². The van der Waals surface area contributed by atoms with Gasteiger partial charge in [0, 0.05) is 7.05 Å². The Bertz CT molecular complexity index is 916. The lowest BCUT2D eigenvalue weighted by molar-refractivity contribution is -0.155. The maximum atomic E-state index is 12.9. The number of ether oxygens (including phenoxy) is 1. The van der Waals surface area contributed by atoms with Gasteiger partial charge in [0.2, 0.25) is 0 Å². The number of carbonyl (C=O) groups excluding carboxylic acids is 4. The van der Waals surface area contributed by atoms with E-state index in [4.69, 9.17) is 10.00 Å². The van der Waals surface area contributed by atoms with E-state index < -0.39 is 36.1 Å². The monoisotopic (exact) mass is 412 g/mol. The van der Waals surface area contributed by atoms with E-state index in [1.807, 2.05) is 6.07 Å². The van der Waals surface area contributed by atoms with Crippen LogP contribution in [0.4, 0.5) is 10.5 Å². The summed E-state index contributed by atoms with van der Waals surface area (Å²) in [6.07, 6.45) is 2.71. The number of esters is 1. The molecule has 0 bridgehead atoms. The van der Waals surface area contributed by atoms with E-state index in [1.165, 1.54) is 11.8 Å². The molecule has 1 heterocycles. The maximum Gasteiger partial charge on any atom is 0.327 e. The Morgan fingerprint density at radius 2 is 1.90 bits per heavy atom. The molecule has 1 saturated heterocycles.